The van der Waals surface area contributed by atoms with Crippen LogP contribution < -0.4 is 0 Å². The Morgan fingerprint density at radius 3 is 2.96 bits per heavy atom. The minimum Gasteiger partial charge on any atom is -0.508 e. The third-order valence-electron chi connectivity index (χ3n) is 5.48. The molecule has 4 atom stereocenters. The second-order valence-electron chi connectivity index (χ2n) is 6.67. The van der Waals surface area contributed by atoms with E-state index in [0.29, 0.717) is 5.92 Å². The van der Waals surface area contributed by atoms with E-state index < -0.39 is 6.10 Å². The van der Waals surface area contributed by atoms with E-state index in [1.807, 2.05) is 6.07 Å². The van der Waals surface area contributed by atoms with Gasteiger partial charge in [0, 0.05) is 24.2 Å². The monoisotopic (exact) mass is 310 g/mol. The van der Waals surface area contributed by atoms with Gasteiger partial charge in [-0.05, 0) is 62.1 Å². The Morgan fingerprint density at radius 1 is 1.35 bits per heavy atom. The molecule has 1 aromatic heterocycles. The van der Waals surface area contributed by atoms with Crippen LogP contribution in [0.5, 0.6) is 5.75 Å². The van der Waals surface area contributed by atoms with Crippen molar-refractivity contribution < 1.29 is 10.2 Å². The molecule has 120 valence electrons. The maximum atomic E-state index is 11.0. The van der Waals surface area contributed by atoms with Gasteiger partial charge in [-0.2, -0.15) is 0 Å². The van der Waals surface area contributed by atoms with Crippen LogP contribution in [0.25, 0.3) is 10.9 Å². The zero-order valence-corrected chi connectivity index (χ0v) is 13.3. The molecule has 3 aliphatic heterocycles. The summed E-state index contributed by atoms with van der Waals surface area (Å²) in [6.45, 7) is 4.14. The summed E-state index contributed by atoms with van der Waals surface area (Å²) in [5.41, 5.74) is 3.19. The van der Waals surface area contributed by atoms with Gasteiger partial charge in [0.15, 0.2) is 0 Å². The van der Waals surface area contributed by atoms with Gasteiger partial charge in [-0.1, -0.05) is 11.6 Å². The first-order valence-electron chi connectivity index (χ1n) is 8.32. The molecular weight excluding hydrogens is 288 g/mol. The number of hydrogen-bond donors (Lipinski definition) is 2. The second kappa shape index (κ2) is 5.62. The zero-order valence-electron chi connectivity index (χ0n) is 13.3. The number of phenolic OH excluding ortho intramolecular Hbond substituents is 1. The Kier molecular flexibility index (Phi) is 3.58. The predicted octanol–water partition coefficient (Wildman–Crippen LogP) is 3.01. The van der Waals surface area contributed by atoms with Gasteiger partial charge in [0.05, 0.1) is 11.6 Å². The summed E-state index contributed by atoms with van der Waals surface area (Å²) in [5.74, 6) is 0.812. The van der Waals surface area contributed by atoms with Gasteiger partial charge in [-0.15, -0.1) is 0 Å². The van der Waals surface area contributed by atoms with Gasteiger partial charge < -0.3 is 10.2 Å². The first-order valence-corrected chi connectivity index (χ1v) is 8.32. The van der Waals surface area contributed by atoms with Crippen LogP contribution in [0.1, 0.15) is 31.4 Å². The van der Waals surface area contributed by atoms with Gasteiger partial charge in [0.1, 0.15) is 5.75 Å². The van der Waals surface area contributed by atoms with E-state index in [9.17, 15) is 10.2 Å². The fourth-order valence-electron chi connectivity index (χ4n) is 4.22. The second-order valence-corrected chi connectivity index (χ2v) is 6.67. The number of nitrogens with zero attached hydrogens (tertiary/aromatic N) is 2. The lowest BCUT2D eigenvalue weighted by Crippen LogP contribution is -2.52. The molecule has 2 aromatic rings. The highest BCUT2D eigenvalue weighted by atomic mass is 16.3. The van der Waals surface area contributed by atoms with Crippen molar-refractivity contribution in [1.82, 2.24) is 9.88 Å². The molecule has 1 aromatic carbocycles. The van der Waals surface area contributed by atoms with Crippen molar-refractivity contribution in [2.75, 3.05) is 13.1 Å². The van der Waals surface area contributed by atoms with Gasteiger partial charge in [-0.25, -0.2) is 0 Å². The number of allylic oxidation sites excluding steroid dienone is 1. The van der Waals surface area contributed by atoms with Gasteiger partial charge in [-0.3, -0.25) is 9.88 Å². The Hall–Kier alpha value is -1.91. The molecule has 4 nitrogen and oxygen atoms in total. The Balaban J connectivity index is 1.70. The summed E-state index contributed by atoms with van der Waals surface area (Å²) in [4.78, 5) is 6.74. The molecule has 5 rings (SSSR count). The highest BCUT2D eigenvalue weighted by Gasteiger charge is 2.40. The maximum absolute atomic E-state index is 11.0. The van der Waals surface area contributed by atoms with Crippen molar-refractivity contribution in [3.8, 4) is 5.75 Å². The van der Waals surface area contributed by atoms with Crippen LogP contribution >= 0.6 is 0 Å². The molecule has 4 heteroatoms. The van der Waals surface area contributed by atoms with E-state index in [1.165, 1.54) is 12.0 Å². The van der Waals surface area contributed by atoms with E-state index in [0.717, 1.165) is 36.0 Å². The zero-order chi connectivity index (χ0) is 16.0. The van der Waals surface area contributed by atoms with E-state index >= 15 is 0 Å². The van der Waals surface area contributed by atoms with Crippen LogP contribution in [-0.2, 0) is 0 Å². The quantitative estimate of drug-likeness (QED) is 0.837. The van der Waals surface area contributed by atoms with Crippen molar-refractivity contribution in [2.45, 2.75) is 31.9 Å². The molecule has 0 spiro atoms. The number of aromatic nitrogens is 1. The van der Waals surface area contributed by atoms with Crippen LogP contribution in [-0.4, -0.2) is 39.2 Å². The number of piperidine rings is 3. The number of benzene rings is 1. The smallest absolute Gasteiger partial charge is 0.116 e. The maximum Gasteiger partial charge on any atom is 0.116 e. The minimum atomic E-state index is -0.552. The average molecular weight is 310 g/mol. The minimum absolute atomic E-state index is 0.144. The van der Waals surface area contributed by atoms with Crippen LogP contribution in [0.4, 0.5) is 0 Å². The fourth-order valence-corrected chi connectivity index (χ4v) is 4.22. The summed E-state index contributed by atoms with van der Waals surface area (Å²) >= 11 is 0. The van der Waals surface area contributed by atoms with E-state index in [-0.39, 0.29) is 11.8 Å². The summed E-state index contributed by atoms with van der Waals surface area (Å²) in [6.07, 6.45) is 5.62. The van der Waals surface area contributed by atoms with Crippen molar-refractivity contribution in [1.29, 1.82) is 0 Å². The number of aliphatic hydroxyl groups is 1. The van der Waals surface area contributed by atoms with Crippen molar-refractivity contribution in [3.05, 3.63) is 47.7 Å². The number of aliphatic hydroxyl groups excluding tert-OH is 1. The molecule has 3 saturated heterocycles. The van der Waals surface area contributed by atoms with E-state index in [4.69, 9.17) is 0 Å². The molecule has 3 fully saturated rings. The number of phenols is 1. The summed E-state index contributed by atoms with van der Waals surface area (Å²) in [5, 5.41) is 21.7. The molecule has 4 heterocycles. The number of hydrogen-bond acceptors (Lipinski definition) is 4. The van der Waals surface area contributed by atoms with Crippen molar-refractivity contribution >= 4 is 10.9 Å². The average Bonchev–Trinajstić information content (AvgIpc) is 2.60. The molecule has 2 N–H and O–H groups in total. The normalized spacial score (nSPS) is 30.0. The molecule has 23 heavy (non-hydrogen) atoms. The fraction of sp³-hybridized carbons (Fsp3) is 0.421. The first-order chi connectivity index (χ1) is 11.2. The first kappa shape index (κ1) is 14.7. The van der Waals surface area contributed by atoms with Crippen molar-refractivity contribution in [2.24, 2.45) is 5.92 Å². The van der Waals surface area contributed by atoms with Crippen LogP contribution in [0.15, 0.2) is 42.1 Å². The van der Waals surface area contributed by atoms with Crippen LogP contribution in [0.2, 0.25) is 0 Å². The molecule has 0 amide bonds. The Morgan fingerprint density at radius 2 is 2.22 bits per heavy atom. The molecule has 0 radical (unpaired) electrons. The summed E-state index contributed by atoms with van der Waals surface area (Å²) < 4.78 is 0. The highest BCUT2D eigenvalue weighted by Crippen LogP contribution is 2.41. The number of rotatable bonds is 2. The Bertz CT molecular complexity index is 771. The lowest BCUT2D eigenvalue weighted by atomic mass is 9.76. The lowest BCUT2D eigenvalue weighted by molar-refractivity contribution is -0.00340. The number of pyridine rings is 1. The van der Waals surface area contributed by atoms with Crippen LogP contribution in [0.3, 0.4) is 0 Å². The Labute approximate surface area is 136 Å². The third-order valence-corrected chi connectivity index (χ3v) is 5.48. The van der Waals surface area contributed by atoms with E-state index in [1.54, 1.807) is 24.4 Å². The standard InChI is InChI=1S/C19H22N2O2/c1-2-12-11-21-8-6-13(12)9-18(21)19(23)15-5-7-20-17-4-3-14(22)10-16(15)17/h2-5,7,10,13,18-19,22-23H,6,8-9,11H2,1H3/b12-2+/t13-,18-,19-/m1/s1. The SMILES string of the molecule is C/C=C1\CN2CC[C@@H]1C[C@@H]2[C@H](O)c1ccnc2ccc(O)cc12. The van der Waals surface area contributed by atoms with Crippen LogP contribution in [0, 0.1) is 5.92 Å². The molecule has 1 unspecified atom stereocenters. The molecular formula is C19H22N2O2. The third kappa shape index (κ3) is 2.42. The predicted molar refractivity (Wildman–Crippen MR) is 90.2 cm³/mol. The van der Waals surface area contributed by atoms with Gasteiger partial charge in [0.2, 0.25) is 0 Å². The van der Waals surface area contributed by atoms with E-state index in [2.05, 4.69) is 22.9 Å². The van der Waals surface area contributed by atoms with Crippen molar-refractivity contribution in [3.63, 3.8) is 0 Å². The summed E-state index contributed by atoms with van der Waals surface area (Å²) in [7, 11) is 0. The molecule has 2 bridgehead atoms. The topological polar surface area (TPSA) is 56.6 Å². The molecule has 0 aliphatic carbocycles. The largest absolute Gasteiger partial charge is 0.508 e. The molecule has 3 aliphatic rings. The number of aromatic hydroxyl groups is 1. The van der Waals surface area contributed by atoms with Gasteiger partial charge >= 0.3 is 0 Å². The number of fused-ring (bicyclic) bond motifs is 4. The lowest BCUT2D eigenvalue weighted by Gasteiger charge is -2.48. The highest BCUT2D eigenvalue weighted by molar-refractivity contribution is 5.83. The molecule has 0 saturated carbocycles. The summed E-state index contributed by atoms with van der Waals surface area (Å²) in [6, 6.07) is 7.16. The van der Waals surface area contributed by atoms with Gasteiger partial charge in [0.25, 0.3) is 0 Å².